The predicted octanol–water partition coefficient (Wildman–Crippen LogP) is 0.575. The minimum atomic E-state index is -1.01. The second-order valence-corrected chi connectivity index (χ2v) is 6.67. The van der Waals surface area contributed by atoms with E-state index in [1.807, 2.05) is 13.8 Å². The molecule has 1 fully saturated rings. The van der Waals surface area contributed by atoms with Crippen molar-refractivity contribution in [1.29, 1.82) is 0 Å². The third-order valence-electron chi connectivity index (χ3n) is 4.56. The van der Waals surface area contributed by atoms with E-state index < -0.39 is 11.8 Å². The molecule has 1 saturated heterocycles. The smallest absolute Gasteiger partial charge is 0.113 e. The van der Waals surface area contributed by atoms with E-state index >= 15 is 0 Å². The minimum Gasteiger partial charge on any atom is -0.412 e. The van der Waals surface area contributed by atoms with Gasteiger partial charge in [0.1, 0.15) is 5.72 Å². The van der Waals surface area contributed by atoms with Crippen LogP contribution in [0.2, 0.25) is 0 Å². The van der Waals surface area contributed by atoms with Gasteiger partial charge >= 0.3 is 0 Å². The molecule has 0 spiro atoms. The Bertz CT molecular complexity index is 300. The fourth-order valence-electron chi connectivity index (χ4n) is 3.05. The summed E-state index contributed by atoms with van der Waals surface area (Å²) in [5.41, 5.74) is -1.01. The number of aliphatic hydroxyl groups excluding tert-OH is 2. The first-order chi connectivity index (χ1) is 9.82. The van der Waals surface area contributed by atoms with Gasteiger partial charge in [-0.3, -0.25) is 5.32 Å². The molecule has 0 aromatic heterocycles. The molecule has 0 aromatic rings. The zero-order valence-electron chi connectivity index (χ0n) is 14.4. The second kappa shape index (κ2) is 9.80. The van der Waals surface area contributed by atoms with E-state index in [2.05, 4.69) is 12.2 Å². The summed E-state index contributed by atoms with van der Waals surface area (Å²) in [6.45, 7) is 7.54. The van der Waals surface area contributed by atoms with Crippen molar-refractivity contribution in [2.45, 2.75) is 89.9 Å². The van der Waals surface area contributed by atoms with E-state index in [1.54, 1.807) is 6.92 Å². The lowest BCUT2D eigenvalue weighted by molar-refractivity contribution is -0.171. The van der Waals surface area contributed by atoms with Crippen molar-refractivity contribution in [3.05, 3.63) is 0 Å². The van der Waals surface area contributed by atoms with Crippen LogP contribution in [0.1, 0.15) is 59.8 Å². The van der Waals surface area contributed by atoms with E-state index in [0.29, 0.717) is 6.42 Å². The topological polar surface area (TPSA) is 113 Å². The van der Waals surface area contributed by atoms with Gasteiger partial charge in [-0.1, -0.05) is 33.1 Å². The van der Waals surface area contributed by atoms with Crippen LogP contribution < -0.4 is 5.32 Å². The molecule has 0 amide bonds. The molecule has 1 aliphatic rings. The Morgan fingerprint density at radius 3 is 2.36 bits per heavy atom. The van der Waals surface area contributed by atoms with Crippen molar-refractivity contribution in [3.8, 4) is 0 Å². The first-order valence-electron chi connectivity index (χ1n) is 8.27. The zero-order chi connectivity index (χ0) is 16.0. The molecular weight excluding hydrogens is 286 g/mol. The summed E-state index contributed by atoms with van der Waals surface area (Å²) in [6.07, 6.45) is 3.82. The quantitative estimate of drug-likeness (QED) is 0.386. The van der Waals surface area contributed by atoms with Gasteiger partial charge in [0, 0.05) is 5.92 Å². The van der Waals surface area contributed by atoms with Gasteiger partial charge in [0.2, 0.25) is 0 Å². The molecule has 6 atom stereocenters. The lowest BCUT2D eigenvalue weighted by atomic mass is 9.86. The number of nitrogens with one attached hydrogen (secondary N) is 1. The third-order valence-corrected chi connectivity index (χ3v) is 4.56. The standard InChI is InChI=1S/C16H33NO4.H2O/c1-5-6-7-8-9-16(4,20)17-14-12(3)21-13(10-18)11(2)15(14)19;/h11-15,17-20H,5-10H2,1-4H3;1H2/t11-,12+,13?,14?,15-,16?;/m1./s1. The van der Waals surface area contributed by atoms with Crippen LogP contribution in [0.3, 0.4) is 0 Å². The summed E-state index contributed by atoms with van der Waals surface area (Å²) in [5, 5.41) is 33.3. The largest absolute Gasteiger partial charge is 0.412 e. The van der Waals surface area contributed by atoms with Crippen molar-refractivity contribution in [1.82, 2.24) is 5.32 Å². The fourth-order valence-corrected chi connectivity index (χ4v) is 3.05. The van der Waals surface area contributed by atoms with Gasteiger partial charge < -0.3 is 25.5 Å². The molecule has 134 valence electrons. The Morgan fingerprint density at radius 2 is 1.82 bits per heavy atom. The Kier molecular flexibility index (Phi) is 9.69. The first-order valence-corrected chi connectivity index (χ1v) is 8.27. The molecule has 0 radical (unpaired) electrons. The number of hydrogen-bond donors (Lipinski definition) is 4. The van der Waals surface area contributed by atoms with Gasteiger partial charge in [-0.25, -0.2) is 0 Å². The monoisotopic (exact) mass is 321 g/mol. The van der Waals surface area contributed by atoms with Crippen molar-refractivity contribution in [3.63, 3.8) is 0 Å². The highest BCUT2D eigenvalue weighted by Gasteiger charge is 2.42. The Hall–Kier alpha value is -0.240. The molecule has 0 bridgehead atoms. The predicted molar refractivity (Wildman–Crippen MR) is 86.5 cm³/mol. The highest BCUT2D eigenvalue weighted by molar-refractivity contribution is 4.95. The van der Waals surface area contributed by atoms with E-state index in [0.717, 1.165) is 12.8 Å². The molecule has 0 aliphatic carbocycles. The van der Waals surface area contributed by atoms with Gasteiger partial charge in [-0.2, -0.15) is 0 Å². The maximum absolute atomic E-state index is 10.5. The van der Waals surface area contributed by atoms with Crippen molar-refractivity contribution >= 4 is 0 Å². The number of hydrogen-bond acceptors (Lipinski definition) is 5. The molecule has 0 saturated carbocycles. The molecule has 1 rings (SSSR count). The van der Waals surface area contributed by atoms with Crippen LogP contribution in [0.5, 0.6) is 0 Å². The molecule has 22 heavy (non-hydrogen) atoms. The summed E-state index contributed by atoms with van der Waals surface area (Å²) >= 11 is 0. The molecule has 0 aromatic carbocycles. The summed E-state index contributed by atoms with van der Waals surface area (Å²) in [7, 11) is 0. The van der Waals surface area contributed by atoms with Crippen LogP contribution >= 0.6 is 0 Å². The summed E-state index contributed by atoms with van der Waals surface area (Å²) in [5.74, 6) is -0.167. The number of rotatable bonds is 8. The molecule has 6 N–H and O–H groups in total. The van der Waals surface area contributed by atoms with Crippen LogP contribution in [-0.4, -0.2) is 57.5 Å². The van der Waals surface area contributed by atoms with Gasteiger partial charge in [0.25, 0.3) is 0 Å². The zero-order valence-corrected chi connectivity index (χ0v) is 14.4. The summed E-state index contributed by atoms with van der Waals surface area (Å²) in [4.78, 5) is 0. The number of unbranched alkanes of at least 4 members (excludes halogenated alkanes) is 3. The SMILES string of the molecule is CCCCCCC(C)(O)NC1[C@H](C)OC(CO)[C@@H](C)[C@H]1O.O. The van der Waals surface area contributed by atoms with Crippen LogP contribution in [0.4, 0.5) is 0 Å². The van der Waals surface area contributed by atoms with Gasteiger partial charge in [0.05, 0.1) is 31.0 Å². The third kappa shape index (κ3) is 6.10. The maximum Gasteiger partial charge on any atom is 0.113 e. The molecule has 3 unspecified atom stereocenters. The van der Waals surface area contributed by atoms with E-state index in [1.165, 1.54) is 12.8 Å². The normalized spacial score (nSPS) is 34.8. The average Bonchev–Trinajstić information content (AvgIpc) is 2.44. The van der Waals surface area contributed by atoms with Crippen LogP contribution in [0.25, 0.3) is 0 Å². The number of aliphatic hydroxyl groups is 3. The minimum absolute atomic E-state index is 0. The molecule has 1 aliphatic heterocycles. The highest BCUT2D eigenvalue weighted by atomic mass is 16.5. The van der Waals surface area contributed by atoms with Crippen molar-refractivity contribution in [2.24, 2.45) is 5.92 Å². The van der Waals surface area contributed by atoms with Crippen molar-refractivity contribution in [2.75, 3.05) is 6.61 Å². The van der Waals surface area contributed by atoms with Crippen molar-refractivity contribution < 1.29 is 25.5 Å². The average molecular weight is 321 g/mol. The van der Waals surface area contributed by atoms with Crippen LogP contribution in [0.15, 0.2) is 0 Å². The van der Waals surface area contributed by atoms with E-state index in [4.69, 9.17) is 4.74 Å². The fraction of sp³-hybridized carbons (Fsp3) is 1.00. The Labute approximate surface area is 134 Å². The molecule has 1 heterocycles. The molecule has 6 heteroatoms. The van der Waals surface area contributed by atoms with Crippen LogP contribution in [-0.2, 0) is 4.74 Å². The van der Waals surface area contributed by atoms with Gasteiger partial charge in [0.15, 0.2) is 0 Å². The van der Waals surface area contributed by atoms with Gasteiger partial charge in [-0.05, 0) is 26.7 Å². The Morgan fingerprint density at radius 1 is 1.18 bits per heavy atom. The lowest BCUT2D eigenvalue weighted by Gasteiger charge is -2.45. The summed E-state index contributed by atoms with van der Waals surface area (Å²) < 4.78 is 5.74. The van der Waals surface area contributed by atoms with Crippen LogP contribution in [0, 0.1) is 5.92 Å². The Balaban J connectivity index is 0.00000441. The lowest BCUT2D eigenvalue weighted by Crippen LogP contribution is -2.63. The van der Waals surface area contributed by atoms with E-state index in [-0.39, 0.29) is 36.3 Å². The number of ether oxygens (including phenoxy) is 1. The summed E-state index contributed by atoms with van der Waals surface area (Å²) in [6, 6.07) is -0.330. The molecule has 6 nitrogen and oxygen atoms in total. The maximum atomic E-state index is 10.5. The molecular formula is C16H35NO5. The first kappa shape index (κ1) is 21.8. The van der Waals surface area contributed by atoms with E-state index in [9.17, 15) is 15.3 Å². The van der Waals surface area contributed by atoms with Gasteiger partial charge in [-0.15, -0.1) is 0 Å². The second-order valence-electron chi connectivity index (χ2n) is 6.67. The highest BCUT2D eigenvalue weighted by Crippen LogP contribution is 2.27.